The molecule has 0 saturated heterocycles. The molecule has 0 saturated carbocycles. The summed E-state index contributed by atoms with van der Waals surface area (Å²) in [5, 5.41) is 33.8. The molecule has 0 spiro atoms. The van der Waals surface area contributed by atoms with Gasteiger partial charge >= 0.3 is 0 Å². The summed E-state index contributed by atoms with van der Waals surface area (Å²) in [5.74, 6) is -3.22. The van der Waals surface area contributed by atoms with Crippen molar-refractivity contribution in [3.8, 4) is 17.2 Å². The number of rotatable bonds is 5. The topological polar surface area (TPSA) is 121 Å². The summed E-state index contributed by atoms with van der Waals surface area (Å²) in [4.78, 5) is 40.5. The van der Waals surface area contributed by atoms with Crippen molar-refractivity contribution in [1.82, 2.24) is 0 Å². The first-order valence-corrected chi connectivity index (χ1v) is 13.0. The summed E-state index contributed by atoms with van der Waals surface area (Å²) in [7, 11) is 0. The SMILES string of the molecule is Cc1c(O)c2c(c([C@@H](CC(C)C)C3=C(O)C(C)(C)C(=O)C(C)(C)C3=O)c1O)O[C@H](c1ccccc1)CC2=O. The number of carbonyl (C=O) groups is 3. The molecule has 3 N–H and O–H groups in total. The number of allylic oxidation sites excluding steroid dienone is 2. The van der Waals surface area contributed by atoms with Gasteiger partial charge in [-0.1, -0.05) is 44.2 Å². The Balaban J connectivity index is 2.05. The van der Waals surface area contributed by atoms with E-state index in [0.717, 1.165) is 5.56 Å². The second-order valence-corrected chi connectivity index (χ2v) is 11.9. The van der Waals surface area contributed by atoms with E-state index in [4.69, 9.17) is 4.74 Å². The molecule has 2 atom stereocenters. The van der Waals surface area contributed by atoms with Crippen LogP contribution >= 0.6 is 0 Å². The summed E-state index contributed by atoms with van der Waals surface area (Å²) >= 11 is 0. The van der Waals surface area contributed by atoms with Gasteiger partial charge in [-0.05, 0) is 52.5 Å². The van der Waals surface area contributed by atoms with Gasteiger partial charge < -0.3 is 20.1 Å². The number of phenols is 2. The van der Waals surface area contributed by atoms with Crippen LogP contribution in [-0.4, -0.2) is 32.7 Å². The highest BCUT2D eigenvalue weighted by Gasteiger charge is 2.55. The first-order valence-electron chi connectivity index (χ1n) is 13.0. The van der Waals surface area contributed by atoms with Gasteiger partial charge in [-0.25, -0.2) is 0 Å². The van der Waals surface area contributed by atoms with Gasteiger partial charge in [0.15, 0.2) is 17.3 Å². The van der Waals surface area contributed by atoms with Crippen molar-refractivity contribution in [2.75, 3.05) is 0 Å². The molecule has 38 heavy (non-hydrogen) atoms. The normalized spacial score (nSPS) is 21.4. The smallest absolute Gasteiger partial charge is 0.175 e. The molecule has 0 bridgehead atoms. The number of benzene rings is 2. The average molecular weight is 521 g/mol. The van der Waals surface area contributed by atoms with Crippen molar-refractivity contribution in [3.05, 3.63) is 63.9 Å². The number of hydrogen-bond acceptors (Lipinski definition) is 7. The molecule has 1 heterocycles. The molecule has 7 heteroatoms. The molecule has 4 rings (SSSR count). The number of Topliss-reactive ketones (excluding diaryl/α,β-unsaturated/α-hetero) is 3. The van der Waals surface area contributed by atoms with Crippen LogP contribution in [0.25, 0.3) is 0 Å². The molecule has 1 aliphatic heterocycles. The summed E-state index contributed by atoms with van der Waals surface area (Å²) in [6.07, 6.45) is -0.372. The molecule has 2 aromatic rings. The summed E-state index contributed by atoms with van der Waals surface area (Å²) in [5.41, 5.74) is -1.78. The standard InChI is InChI=1S/C31H36O7/c1-15(2)13-18(22-27(35)30(4,5)29(37)31(6,7)28(22)36)21-24(33)16(3)25(34)23-19(32)14-20(38-26(21)23)17-11-9-8-10-12-17/h8-12,15,18,20,33-35H,13-14H2,1-7H3/t18-,20+/m1/s1. The maximum absolute atomic E-state index is 13.9. The average Bonchev–Trinajstić information content (AvgIpc) is 2.85. The number of ether oxygens (including phenoxy) is 1. The molecule has 2 aliphatic rings. The second-order valence-electron chi connectivity index (χ2n) is 11.9. The van der Waals surface area contributed by atoms with Gasteiger partial charge in [0.25, 0.3) is 0 Å². The third kappa shape index (κ3) is 4.08. The maximum atomic E-state index is 13.9. The first kappa shape index (κ1) is 27.4. The van der Waals surface area contributed by atoms with Crippen LogP contribution in [0.4, 0.5) is 0 Å². The van der Waals surface area contributed by atoms with E-state index in [1.165, 1.54) is 6.92 Å². The fraction of sp³-hybridized carbons (Fsp3) is 0.452. The van der Waals surface area contributed by atoms with Gasteiger partial charge in [-0.3, -0.25) is 14.4 Å². The zero-order valence-electron chi connectivity index (χ0n) is 23.0. The Morgan fingerprint density at radius 2 is 1.55 bits per heavy atom. The Morgan fingerprint density at radius 1 is 0.947 bits per heavy atom. The molecule has 0 aromatic heterocycles. The van der Waals surface area contributed by atoms with Crippen molar-refractivity contribution >= 4 is 17.3 Å². The lowest BCUT2D eigenvalue weighted by Gasteiger charge is -2.41. The Bertz CT molecular complexity index is 1360. The van der Waals surface area contributed by atoms with Crippen LogP contribution in [-0.2, 0) is 9.59 Å². The number of aromatic hydroxyl groups is 2. The zero-order valence-corrected chi connectivity index (χ0v) is 23.0. The van der Waals surface area contributed by atoms with Crippen molar-refractivity contribution in [1.29, 1.82) is 0 Å². The van der Waals surface area contributed by atoms with Gasteiger partial charge in [0.05, 0.1) is 17.3 Å². The van der Waals surface area contributed by atoms with Crippen LogP contribution in [0.15, 0.2) is 41.7 Å². The van der Waals surface area contributed by atoms with Crippen molar-refractivity contribution in [2.24, 2.45) is 16.7 Å². The lowest BCUT2D eigenvalue weighted by atomic mass is 9.60. The summed E-state index contributed by atoms with van der Waals surface area (Å²) in [6, 6.07) is 9.17. The molecule has 202 valence electrons. The summed E-state index contributed by atoms with van der Waals surface area (Å²) in [6.45, 7) is 11.6. The fourth-order valence-electron chi connectivity index (χ4n) is 5.81. The highest BCUT2D eigenvalue weighted by Crippen LogP contribution is 2.56. The molecular formula is C31H36O7. The lowest BCUT2D eigenvalue weighted by molar-refractivity contribution is -0.144. The number of carbonyl (C=O) groups excluding carboxylic acids is 3. The molecule has 0 amide bonds. The molecule has 0 fully saturated rings. The number of aliphatic hydroxyl groups is 1. The minimum Gasteiger partial charge on any atom is -0.511 e. The Hall–Kier alpha value is -3.61. The lowest BCUT2D eigenvalue weighted by Crippen LogP contribution is -2.49. The first-order chi connectivity index (χ1) is 17.6. The Labute approximate surface area is 223 Å². The highest BCUT2D eigenvalue weighted by molar-refractivity contribution is 6.19. The van der Waals surface area contributed by atoms with Crippen LogP contribution in [0, 0.1) is 23.7 Å². The van der Waals surface area contributed by atoms with E-state index in [-0.39, 0.29) is 63.4 Å². The van der Waals surface area contributed by atoms with Gasteiger partial charge in [0.2, 0.25) is 0 Å². The quantitative estimate of drug-likeness (QED) is 0.398. The van der Waals surface area contributed by atoms with Gasteiger partial charge in [0, 0.05) is 22.6 Å². The minimum atomic E-state index is -1.41. The number of phenolic OH excluding ortho intramolecular Hbond substituents is 2. The molecule has 7 nitrogen and oxygen atoms in total. The van der Waals surface area contributed by atoms with E-state index >= 15 is 0 Å². The Morgan fingerprint density at radius 3 is 2.13 bits per heavy atom. The van der Waals surface area contributed by atoms with E-state index in [0.29, 0.717) is 6.42 Å². The predicted octanol–water partition coefficient (Wildman–Crippen LogP) is 6.26. The zero-order chi connectivity index (χ0) is 28.3. The van der Waals surface area contributed by atoms with Crippen LogP contribution in [0.2, 0.25) is 0 Å². The van der Waals surface area contributed by atoms with Crippen LogP contribution < -0.4 is 4.74 Å². The van der Waals surface area contributed by atoms with E-state index in [9.17, 15) is 29.7 Å². The number of hydrogen-bond donors (Lipinski definition) is 3. The largest absolute Gasteiger partial charge is 0.511 e. The molecule has 2 aromatic carbocycles. The monoisotopic (exact) mass is 520 g/mol. The molecule has 1 aliphatic carbocycles. The van der Waals surface area contributed by atoms with Crippen LogP contribution in [0.3, 0.4) is 0 Å². The van der Waals surface area contributed by atoms with Gasteiger partial charge in [0.1, 0.15) is 34.7 Å². The fourth-order valence-corrected chi connectivity index (χ4v) is 5.81. The van der Waals surface area contributed by atoms with Crippen molar-refractivity contribution < 1.29 is 34.4 Å². The van der Waals surface area contributed by atoms with Crippen LogP contribution in [0.1, 0.15) is 93.5 Å². The Kier molecular flexibility index (Phi) is 6.71. The molecule has 0 radical (unpaired) electrons. The summed E-state index contributed by atoms with van der Waals surface area (Å²) < 4.78 is 6.36. The van der Waals surface area contributed by atoms with E-state index < -0.39 is 34.4 Å². The van der Waals surface area contributed by atoms with Crippen molar-refractivity contribution in [2.45, 2.75) is 73.3 Å². The number of fused-ring (bicyclic) bond motifs is 1. The minimum absolute atomic E-state index is 0.00182. The van der Waals surface area contributed by atoms with Gasteiger partial charge in [-0.2, -0.15) is 0 Å². The predicted molar refractivity (Wildman–Crippen MR) is 143 cm³/mol. The van der Waals surface area contributed by atoms with Gasteiger partial charge in [-0.15, -0.1) is 0 Å². The number of aliphatic hydroxyl groups excluding tert-OH is 1. The van der Waals surface area contributed by atoms with Crippen LogP contribution in [0.5, 0.6) is 17.2 Å². The van der Waals surface area contributed by atoms with Crippen molar-refractivity contribution in [3.63, 3.8) is 0 Å². The third-order valence-corrected chi connectivity index (χ3v) is 7.95. The highest BCUT2D eigenvalue weighted by atomic mass is 16.5. The molecular weight excluding hydrogens is 484 g/mol. The second kappa shape index (κ2) is 9.29. The van der Waals surface area contributed by atoms with E-state index in [1.807, 2.05) is 44.2 Å². The maximum Gasteiger partial charge on any atom is 0.175 e. The molecule has 0 unspecified atom stereocenters. The van der Waals surface area contributed by atoms with E-state index in [2.05, 4.69) is 0 Å². The third-order valence-electron chi connectivity index (χ3n) is 7.95. The number of ketones is 3. The van der Waals surface area contributed by atoms with E-state index in [1.54, 1.807) is 27.7 Å².